The summed E-state index contributed by atoms with van der Waals surface area (Å²) < 4.78 is 4.95. The van der Waals surface area contributed by atoms with E-state index in [1.165, 1.54) is 11.1 Å². The van der Waals surface area contributed by atoms with Gasteiger partial charge in [-0.15, -0.1) is 0 Å². The molecule has 1 heterocycles. The van der Waals surface area contributed by atoms with Gasteiger partial charge in [-0.3, -0.25) is 4.98 Å². The fourth-order valence-electron chi connectivity index (χ4n) is 1.10. The zero-order valence-corrected chi connectivity index (χ0v) is 8.42. The fourth-order valence-corrected chi connectivity index (χ4v) is 1.10. The lowest BCUT2D eigenvalue weighted by molar-refractivity contribution is 0.211. The molecule has 3 heteroatoms. The number of rotatable bonds is 4. The SMILES string of the molecule is COCCNc1cncc(C)c1C. The van der Waals surface area contributed by atoms with Crippen LogP contribution in [0.1, 0.15) is 11.1 Å². The number of pyridine rings is 1. The largest absolute Gasteiger partial charge is 0.383 e. The number of anilines is 1. The number of hydrogen-bond acceptors (Lipinski definition) is 3. The van der Waals surface area contributed by atoms with Crippen molar-refractivity contribution in [3.8, 4) is 0 Å². The molecule has 0 saturated heterocycles. The number of methoxy groups -OCH3 is 1. The predicted octanol–water partition coefficient (Wildman–Crippen LogP) is 1.76. The van der Waals surface area contributed by atoms with E-state index in [1.54, 1.807) is 7.11 Å². The van der Waals surface area contributed by atoms with Crippen LogP contribution in [0, 0.1) is 13.8 Å². The van der Waals surface area contributed by atoms with Crippen molar-refractivity contribution in [2.75, 3.05) is 25.6 Å². The van der Waals surface area contributed by atoms with E-state index in [1.807, 2.05) is 12.4 Å². The van der Waals surface area contributed by atoms with Gasteiger partial charge in [-0.2, -0.15) is 0 Å². The summed E-state index contributed by atoms with van der Waals surface area (Å²) in [6.45, 7) is 5.69. The maximum atomic E-state index is 4.95. The molecule has 1 aromatic heterocycles. The summed E-state index contributed by atoms with van der Waals surface area (Å²) in [5, 5.41) is 3.27. The van der Waals surface area contributed by atoms with E-state index in [4.69, 9.17) is 4.74 Å². The van der Waals surface area contributed by atoms with E-state index in [-0.39, 0.29) is 0 Å². The number of ether oxygens (including phenoxy) is 1. The number of hydrogen-bond donors (Lipinski definition) is 1. The highest BCUT2D eigenvalue weighted by Crippen LogP contribution is 2.15. The molecule has 0 atom stereocenters. The van der Waals surface area contributed by atoms with Gasteiger partial charge in [0.2, 0.25) is 0 Å². The van der Waals surface area contributed by atoms with Crippen LogP contribution in [0.3, 0.4) is 0 Å². The zero-order valence-electron chi connectivity index (χ0n) is 8.42. The molecule has 3 nitrogen and oxygen atoms in total. The molecule has 0 spiro atoms. The Morgan fingerprint density at radius 2 is 2.15 bits per heavy atom. The van der Waals surface area contributed by atoms with E-state index in [0.29, 0.717) is 6.61 Å². The molecule has 0 bridgehead atoms. The van der Waals surface area contributed by atoms with Gasteiger partial charge in [0, 0.05) is 19.9 Å². The lowest BCUT2D eigenvalue weighted by atomic mass is 10.1. The Balaban J connectivity index is 2.61. The van der Waals surface area contributed by atoms with E-state index in [9.17, 15) is 0 Å². The van der Waals surface area contributed by atoms with E-state index < -0.39 is 0 Å². The van der Waals surface area contributed by atoms with Crippen molar-refractivity contribution >= 4 is 5.69 Å². The fraction of sp³-hybridized carbons (Fsp3) is 0.500. The van der Waals surface area contributed by atoms with Crippen molar-refractivity contribution < 1.29 is 4.74 Å². The Morgan fingerprint density at radius 3 is 2.85 bits per heavy atom. The second kappa shape index (κ2) is 4.82. The first-order chi connectivity index (χ1) is 6.25. The average molecular weight is 180 g/mol. The van der Waals surface area contributed by atoms with Crippen LogP contribution in [0.5, 0.6) is 0 Å². The van der Waals surface area contributed by atoms with Gasteiger partial charge in [0.15, 0.2) is 0 Å². The van der Waals surface area contributed by atoms with Crippen LogP contribution in [0.2, 0.25) is 0 Å². The van der Waals surface area contributed by atoms with Gasteiger partial charge >= 0.3 is 0 Å². The van der Waals surface area contributed by atoms with Gasteiger partial charge < -0.3 is 10.1 Å². The summed E-state index contributed by atoms with van der Waals surface area (Å²) in [7, 11) is 1.70. The monoisotopic (exact) mass is 180 g/mol. The van der Waals surface area contributed by atoms with Crippen molar-refractivity contribution in [3.05, 3.63) is 23.5 Å². The van der Waals surface area contributed by atoms with E-state index in [0.717, 1.165) is 12.2 Å². The third kappa shape index (κ3) is 2.70. The Bertz CT molecular complexity index is 274. The van der Waals surface area contributed by atoms with Crippen molar-refractivity contribution in [3.63, 3.8) is 0 Å². The molecule has 0 aliphatic heterocycles. The Hall–Kier alpha value is -1.09. The molecule has 0 unspecified atom stereocenters. The first-order valence-corrected chi connectivity index (χ1v) is 4.39. The molecular weight excluding hydrogens is 164 g/mol. The second-order valence-electron chi connectivity index (χ2n) is 3.05. The highest BCUT2D eigenvalue weighted by molar-refractivity contribution is 5.51. The van der Waals surface area contributed by atoms with Gasteiger partial charge in [-0.05, 0) is 25.0 Å². The second-order valence-corrected chi connectivity index (χ2v) is 3.05. The van der Waals surface area contributed by atoms with Gasteiger partial charge in [0.05, 0.1) is 18.5 Å². The summed E-state index contributed by atoms with van der Waals surface area (Å²) in [4.78, 5) is 4.12. The van der Waals surface area contributed by atoms with Crippen LogP contribution in [0.4, 0.5) is 5.69 Å². The molecule has 72 valence electrons. The summed E-state index contributed by atoms with van der Waals surface area (Å²) in [6, 6.07) is 0. The smallest absolute Gasteiger partial charge is 0.0635 e. The number of nitrogens with zero attached hydrogens (tertiary/aromatic N) is 1. The molecule has 0 fully saturated rings. The van der Waals surface area contributed by atoms with Gasteiger partial charge in [-0.25, -0.2) is 0 Å². The normalized spacial score (nSPS) is 10.1. The van der Waals surface area contributed by atoms with Gasteiger partial charge in [0.25, 0.3) is 0 Å². The number of nitrogens with one attached hydrogen (secondary N) is 1. The third-order valence-electron chi connectivity index (χ3n) is 2.09. The van der Waals surface area contributed by atoms with E-state index >= 15 is 0 Å². The van der Waals surface area contributed by atoms with Crippen LogP contribution in [-0.4, -0.2) is 25.2 Å². The van der Waals surface area contributed by atoms with Crippen LogP contribution in [-0.2, 0) is 4.74 Å². The van der Waals surface area contributed by atoms with Gasteiger partial charge in [0.1, 0.15) is 0 Å². The summed E-state index contributed by atoms with van der Waals surface area (Å²) in [5.74, 6) is 0. The van der Waals surface area contributed by atoms with Crippen molar-refractivity contribution in [1.82, 2.24) is 4.98 Å². The lowest BCUT2D eigenvalue weighted by Crippen LogP contribution is -2.09. The van der Waals surface area contributed by atoms with Crippen LogP contribution in [0.15, 0.2) is 12.4 Å². The molecule has 0 radical (unpaired) electrons. The molecular formula is C10H16N2O. The van der Waals surface area contributed by atoms with Crippen molar-refractivity contribution in [2.24, 2.45) is 0 Å². The van der Waals surface area contributed by atoms with E-state index in [2.05, 4.69) is 24.1 Å². The molecule has 1 N–H and O–H groups in total. The summed E-state index contributed by atoms with van der Waals surface area (Å²) >= 11 is 0. The first kappa shape index (κ1) is 9.99. The lowest BCUT2D eigenvalue weighted by Gasteiger charge is -2.09. The highest BCUT2D eigenvalue weighted by Gasteiger charge is 1.99. The van der Waals surface area contributed by atoms with Gasteiger partial charge in [-0.1, -0.05) is 0 Å². The summed E-state index contributed by atoms with van der Waals surface area (Å²) in [5.41, 5.74) is 3.56. The molecule has 0 aliphatic carbocycles. The first-order valence-electron chi connectivity index (χ1n) is 4.39. The molecule has 0 aromatic carbocycles. The molecule has 0 aliphatic rings. The molecule has 1 rings (SSSR count). The average Bonchev–Trinajstić information content (AvgIpc) is 2.13. The number of aryl methyl sites for hydroxylation is 1. The van der Waals surface area contributed by atoms with Crippen molar-refractivity contribution in [2.45, 2.75) is 13.8 Å². The van der Waals surface area contributed by atoms with Crippen LogP contribution in [0.25, 0.3) is 0 Å². The molecule has 13 heavy (non-hydrogen) atoms. The predicted molar refractivity (Wildman–Crippen MR) is 54.1 cm³/mol. The molecule has 0 saturated carbocycles. The maximum absolute atomic E-state index is 4.95. The third-order valence-corrected chi connectivity index (χ3v) is 2.09. The minimum absolute atomic E-state index is 0.716. The minimum Gasteiger partial charge on any atom is -0.383 e. The Kier molecular flexibility index (Phi) is 3.71. The Morgan fingerprint density at radius 1 is 1.38 bits per heavy atom. The topological polar surface area (TPSA) is 34.1 Å². The summed E-state index contributed by atoms with van der Waals surface area (Å²) in [6.07, 6.45) is 3.72. The number of aromatic nitrogens is 1. The van der Waals surface area contributed by atoms with Crippen LogP contribution < -0.4 is 5.32 Å². The minimum atomic E-state index is 0.716. The van der Waals surface area contributed by atoms with Crippen LogP contribution >= 0.6 is 0 Å². The molecule has 1 aromatic rings. The quantitative estimate of drug-likeness (QED) is 0.717. The maximum Gasteiger partial charge on any atom is 0.0635 e. The zero-order chi connectivity index (χ0) is 9.68. The standard InChI is InChI=1S/C10H16N2O/c1-8-6-11-7-10(9(8)2)12-4-5-13-3/h6-7,12H,4-5H2,1-3H3. The highest BCUT2D eigenvalue weighted by atomic mass is 16.5. The van der Waals surface area contributed by atoms with Crippen molar-refractivity contribution in [1.29, 1.82) is 0 Å². The molecule has 0 amide bonds. The Labute approximate surface area is 79.1 Å².